The van der Waals surface area contributed by atoms with Gasteiger partial charge in [0.15, 0.2) is 0 Å². The summed E-state index contributed by atoms with van der Waals surface area (Å²) in [5.41, 5.74) is 1.85. The minimum atomic E-state index is -0.965. The van der Waals surface area contributed by atoms with Gasteiger partial charge in [-0.2, -0.15) is 0 Å². The van der Waals surface area contributed by atoms with E-state index in [2.05, 4.69) is 45.2 Å². The molecular weight excluding hydrogens is 644 g/mol. The number of rotatable bonds is 7. The molecule has 2 amide bonds. The molecule has 6 nitrogen and oxygen atoms in total. The first kappa shape index (κ1) is 24.1. The molecule has 1 fully saturated rings. The second-order valence-corrected chi connectivity index (χ2v) is 9.89. The predicted octanol–water partition coefficient (Wildman–Crippen LogP) is 5.46. The number of nitrogens with zero attached hydrogens (tertiary/aromatic N) is 1. The van der Waals surface area contributed by atoms with Crippen LogP contribution in [0, 0.1) is 7.14 Å². The molecule has 1 atom stereocenters. The number of thioether (sulfide) groups is 1. The predicted molar refractivity (Wildman–Crippen MR) is 137 cm³/mol. The molecule has 1 saturated heterocycles. The summed E-state index contributed by atoms with van der Waals surface area (Å²) in [4.78, 5) is 38.3. The van der Waals surface area contributed by atoms with Crippen LogP contribution >= 0.6 is 56.9 Å². The van der Waals surface area contributed by atoms with Gasteiger partial charge in [0.2, 0.25) is 0 Å². The van der Waals surface area contributed by atoms with Crippen LogP contribution in [-0.2, 0) is 20.9 Å². The van der Waals surface area contributed by atoms with Crippen molar-refractivity contribution >= 4 is 80.1 Å². The Balaban J connectivity index is 1.78. The van der Waals surface area contributed by atoms with Gasteiger partial charge < -0.3 is 9.47 Å². The highest BCUT2D eigenvalue weighted by Crippen LogP contribution is 2.36. The summed E-state index contributed by atoms with van der Waals surface area (Å²) in [5, 5.41) is -0.482. The summed E-state index contributed by atoms with van der Waals surface area (Å²) in [5.74, 6) is -0.328. The van der Waals surface area contributed by atoms with Crippen LogP contribution < -0.4 is 4.74 Å². The maximum atomic E-state index is 12.7. The van der Waals surface area contributed by atoms with Crippen LogP contribution in [0.5, 0.6) is 5.75 Å². The molecule has 0 radical (unpaired) electrons. The Labute approximate surface area is 212 Å². The van der Waals surface area contributed by atoms with Crippen LogP contribution in [0.2, 0.25) is 0 Å². The van der Waals surface area contributed by atoms with Gasteiger partial charge in [-0.25, -0.2) is 4.79 Å². The third-order valence-electron chi connectivity index (χ3n) is 4.38. The lowest BCUT2D eigenvalue weighted by Gasteiger charge is -2.19. The second kappa shape index (κ2) is 10.8. The molecule has 1 aliphatic heterocycles. The van der Waals surface area contributed by atoms with E-state index in [1.807, 2.05) is 42.5 Å². The van der Waals surface area contributed by atoms with Crippen molar-refractivity contribution in [2.45, 2.75) is 26.5 Å². The molecule has 1 aliphatic rings. The molecule has 0 bridgehead atoms. The first-order valence-electron chi connectivity index (χ1n) is 9.41. The number of hydrogen-bond donors (Lipinski definition) is 0. The first-order chi connectivity index (χ1) is 14.8. The van der Waals surface area contributed by atoms with Gasteiger partial charge in [-0.1, -0.05) is 30.3 Å². The number of imide groups is 1. The Bertz CT molecular complexity index is 1020. The van der Waals surface area contributed by atoms with Crippen LogP contribution in [0.15, 0.2) is 47.4 Å². The molecule has 9 heteroatoms. The maximum Gasteiger partial charge on any atom is 0.329 e. The van der Waals surface area contributed by atoms with Gasteiger partial charge in [-0.05, 0) is 100 Å². The summed E-state index contributed by atoms with van der Waals surface area (Å²) >= 11 is 5.21. The fraction of sp³-hybridized carbons (Fsp3) is 0.227. The summed E-state index contributed by atoms with van der Waals surface area (Å²) in [7, 11) is 0. The lowest BCUT2D eigenvalue weighted by atomic mass is 10.2. The quantitative estimate of drug-likeness (QED) is 0.223. The van der Waals surface area contributed by atoms with Crippen molar-refractivity contribution in [3.63, 3.8) is 0 Å². The molecule has 0 aromatic heterocycles. The van der Waals surface area contributed by atoms with E-state index >= 15 is 0 Å². The normalized spacial score (nSPS) is 16.0. The number of ether oxygens (including phenoxy) is 2. The SMILES string of the molecule is CCOC(=O)[C@H](C)N1C(=O)S/C(=C/c2cc(I)c(OCc3ccccc3)c(I)c2)C1=O. The molecule has 3 rings (SSSR count). The summed E-state index contributed by atoms with van der Waals surface area (Å²) in [6.45, 7) is 3.80. The zero-order valence-corrected chi connectivity index (χ0v) is 21.9. The Morgan fingerprint density at radius 3 is 2.42 bits per heavy atom. The number of esters is 1. The number of benzene rings is 2. The lowest BCUT2D eigenvalue weighted by Crippen LogP contribution is -2.42. The van der Waals surface area contributed by atoms with E-state index in [9.17, 15) is 14.4 Å². The minimum Gasteiger partial charge on any atom is -0.487 e. The van der Waals surface area contributed by atoms with E-state index in [0.717, 1.165) is 40.7 Å². The molecule has 0 aliphatic carbocycles. The average Bonchev–Trinajstić information content (AvgIpc) is 3.00. The zero-order valence-electron chi connectivity index (χ0n) is 16.8. The van der Waals surface area contributed by atoms with Crippen LogP contribution in [0.4, 0.5) is 4.79 Å². The second-order valence-electron chi connectivity index (χ2n) is 6.57. The van der Waals surface area contributed by atoms with Crippen molar-refractivity contribution in [3.05, 3.63) is 65.6 Å². The van der Waals surface area contributed by atoms with Crippen molar-refractivity contribution < 1.29 is 23.9 Å². The zero-order chi connectivity index (χ0) is 22.5. The smallest absolute Gasteiger partial charge is 0.329 e. The van der Waals surface area contributed by atoms with Crippen molar-refractivity contribution in [2.75, 3.05) is 6.61 Å². The highest BCUT2D eigenvalue weighted by atomic mass is 127. The Morgan fingerprint density at radius 2 is 1.81 bits per heavy atom. The first-order valence-corrected chi connectivity index (χ1v) is 12.4. The highest BCUT2D eigenvalue weighted by Gasteiger charge is 2.41. The molecule has 162 valence electrons. The average molecular weight is 663 g/mol. The largest absolute Gasteiger partial charge is 0.487 e. The third kappa shape index (κ3) is 5.80. The van der Waals surface area contributed by atoms with Gasteiger partial charge in [0, 0.05) is 0 Å². The van der Waals surface area contributed by atoms with Gasteiger partial charge in [-0.3, -0.25) is 14.5 Å². The molecule has 2 aromatic rings. The lowest BCUT2D eigenvalue weighted by molar-refractivity contribution is -0.150. The number of amides is 2. The minimum absolute atomic E-state index is 0.185. The monoisotopic (exact) mass is 663 g/mol. The summed E-state index contributed by atoms with van der Waals surface area (Å²) < 4.78 is 12.7. The van der Waals surface area contributed by atoms with E-state index in [4.69, 9.17) is 9.47 Å². The van der Waals surface area contributed by atoms with E-state index < -0.39 is 23.2 Å². The van der Waals surface area contributed by atoms with Crippen LogP contribution in [0.1, 0.15) is 25.0 Å². The van der Waals surface area contributed by atoms with Crippen LogP contribution in [0.3, 0.4) is 0 Å². The summed E-state index contributed by atoms with van der Waals surface area (Å²) in [6, 6.07) is 12.7. The van der Waals surface area contributed by atoms with Crippen molar-refractivity contribution in [3.8, 4) is 5.75 Å². The Morgan fingerprint density at radius 1 is 1.16 bits per heavy atom. The van der Waals surface area contributed by atoms with Crippen molar-refractivity contribution in [1.29, 1.82) is 0 Å². The standard InChI is InChI=1S/C22H19I2NO5S/c1-3-29-21(27)13(2)25-20(26)18(31-22(25)28)11-15-9-16(23)19(17(24)10-15)30-12-14-7-5-4-6-8-14/h4-11,13H,3,12H2,1-2H3/b18-11+/t13-/m0/s1. The third-order valence-corrected chi connectivity index (χ3v) is 6.87. The molecule has 1 heterocycles. The molecule has 0 N–H and O–H groups in total. The molecule has 0 unspecified atom stereocenters. The van der Waals surface area contributed by atoms with Crippen molar-refractivity contribution in [1.82, 2.24) is 4.90 Å². The summed E-state index contributed by atoms with van der Waals surface area (Å²) in [6.07, 6.45) is 1.66. The molecule has 31 heavy (non-hydrogen) atoms. The molecule has 0 spiro atoms. The topological polar surface area (TPSA) is 72.9 Å². The number of carbonyl (C=O) groups excluding carboxylic acids is 3. The number of halogens is 2. The molecule has 2 aromatic carbocycles. The maximum absolute atomic E-state index is 12.7. The number of hydrogen-bond acceptors (Lipinski definition) is 6. The van der Waals surface area contributed by atoms with Gasteiger partial charge >= 0.3 is 5.97 Å². The Kier molecular flexibility index (Phi) is 8.39. The molecule has 0 saturated carbocycles. The molecular formula is C22H19I2NO5S. The van der Waals surface area contributed by atoms with E-state index in [0.29, 0.717) is 6.61 Å². The van der Waals surface area contributed by atoms with E-state index in [1.54, 1.807) is 13.0 Å². The van der Waals surface area contributed by atoms with E-state index in [1.165, 1.54) is 6.92 Å². The van der Waals surface area contributed by atoms with E-state index in [-0.39, 0.29) is 11.5 Å². The van der Waals surface area contributed by atoms with Gasteiger partial charge in [-0.15, -0.1) is 0 Å². The number of carbonyl (C=O) groups is 3. The Hall–Kier alpha value is -1.60. The fourth-order valence-corrected chi connectivity index (χ4v) is 5.90. The highest BCUT2D eigenvalue weighted by molar-refractivity contribution is 14.1. The van der Waals surface area contributed by atoms with Crippen LogP contribution in [0.25, 0.3) is 6.08 Å². The van der Waals surface area contributed by atoms with Gasteiger partial charge in [0.25, 0.3) is 11.1 Å². The van der Waals surface area contributed by atoms with Gasteiger partial charge in [0.05, 0.1) is 18.7 Å². The van der Waals surface area contributed by atoms with Crippen LogP contribution in [-0.4, -0.2) is 34.7 Å². The van der Waals surface area contributed by atoms with Gasteiger partial charge in [0.1, 0.15) is 18.4 Å². The fourth-order valence-electron chi connectivity index (χ4n) is 2.86. The van der Waals surface area contributed by atoms with Crippen molar-refractivity contribution in [2.24, 2.45) is 0 Å².